The Bertz CT molecular complexity index is 878. The fraction of sp³-hybridized carbons (Fsp3) is 0.667. The molecule has 0 aliphatic carbocycles. The first-order valence-corrected chi connectivity index (χ1v) is 14.3. The molecule has 0 aliphatic rings. The third kappa shape index (κ3) is 14.3. The van der Waals surface area contributed by atoms with Gasteiger partial charge in [-0.15, -0.1) is 0 Å². The number of carbonyl (C=O) groups is 6. The lowest BCUT2D eigenvalue weighted by Gasteiger charge is -2.23. The minimum atomic E-state index is -1.33. The third-order valence-electron chi connectivity index (χ3n) is 5.74. The highest BCUT2D eigenvalue weighted by atomic mass is 16.6. The van der Waals surface area contributed by atoms with Gasteiger partial charge in [-0.2, -0.15) is 0 Å². The Hall–Kier alpha value is -3.70. The number of carbonyl (C=O) groups excluding carboxylic acids is 6. The molecular weight excluding hydrogens is 552 g/mol. The summed E-state index contributed by atoms with van der Waals surface area (Å²) in [4.78, 5) is 75.1. The molecule has 0 bridgehead atoms. The van der Waals surface area contributed by atoms with Gasteiger partial charge in [0.2, 0.25) is 0 Å². The second-order valence-electron chi connectivity index (χ2n) is 9.56. The normalized spacial score (nSPS) is 13.4. The molecule has 0 amide bonds. The summed E-state index contributed by atoms with van der Waals surface area (Å²) in [7, 11) is 0. The van der Waals surface area contributed by atoms with Crippen molar-refractivity contribution in [3.05, 3.63) is 24.3 Å². The summed E-state index contributed by atoms with van der Waals surface area (Å²) in [5.41, 5.74) is -0.486. The monoisotopic (exact) mass is 598 g/mol. The highest BCUT2D eigenvalue weighted by Gasteiger charge is 2.34. The summed E-state index contributed by atoms with van der Waals surface area (Å²) in [6.07, 6.45) is -0.929. The van der Waals surface area contributed by atoms with Crippen LogP contribution in [0, 0.1) is 11.8 Å². The van der Waals surface area contributed by atoms with Gasteiger partial charge in [-0.05, 0) is 39.5 Å². The smallest absolute Gasteiger partial charge is 0.334 e. The summed E-state index contributed by atoms with van der Waals surface area (Å²) in [6, 6.07) is 0. The molecule has 0 fully saturated rings. The van der Waals surface area contributed by atoms with Crippen LogP contribution in [0.25, 0.3) is 0 Å². The van der Waals surface area contributed by atoms with E-state index in [4.69, 9.17) is 28.4 Å². The fourth-order valence-electron chi connectivity index (χ4n) is 3.20. The van der Waals surface area contributed by atoms with Gasteiger partial charge >= 0.3 is 35.8 Å². The molecule has 0 aromatic heterocycles. The van der Waals surface area contributed by atoms with Crippen LogP contribution in [0.3, 0.4) is 0 Å². The first kappa shape index (κ1) is 38.3. The molecule has 0 aromatic rings. The summed E-state index contributed by atoms with van der Waals surface area (Å²) in [6.45, 7) is 17.7. The van der Waals surface area contributed by atoms with Gasteiger partial charge in [0.15, 0.2) is 0 Å². The van der Waals surface area contributed by atoms with Crippen LogP contribution >= 0.6 is 0 Å². The molecule has 238 valence electrons. The van der Waals surface area contributed by atoms with Gasteiger partial charge in [-0.1, -0.05) is 40.9 Å². The first-order chi connectivity index (χ1) is 19.8. The van der Waals surface area contributed by atoms with Gasteiger partial charge in [-0.25, -0.2) is 9.59 Å². The number of hydrogen-bond acceptors (Lipinski definition) is 12. The minimum absolute atomic E-state index is 0.0841. The molecule has 12 heteroatoms. The molecule has 0 radical (unpaired) electrons. The lowest BCUT2D eigenvalue weighted by molar-refractivity contribution is -0.169. The average Bonchev–Trinajstić information content (AvgIpc) is 2.96. The van der Waals surface area contributed by atoms with Crippen molar-refractivity contribution in [2.24, 2.45) is 11.8 Å². The van der Waals surface area contributed by atoms with Crippen molar-refractivity contribution < 1.29 is 57.2 Å². The number of esters is 6. The molecule has 0 spiro atoms. The topological polar surface area (TPSA) is 158 Å². The molecular formula is C30H46O12. The Labute approximate surface area is 248 Å². The lowest BCUT2D eigenvalue weighted by atomic mass is 9.96. The predicted octanol–water partition coefficient (Wildman–Crippen LogP) is 3.79. The number of hydrogen-bond donors (Lipinski definition) is 0. The summed E-state index contributed by atoms with van der Waals surface area (Å²) in [5.74, 6) is -7.70. The second-order valence-corrected chi connectivity index (χ2v) is 9.56. The van der Waals surface area contributed by atoms with E-state index in [0.717, 1.165) is 0 Å². The summed E-state index contributed by atoms with van der Waals surface area (Å²) >= 11 is 0. The molecule has 12 nitrogen and oxygen atoms in total. The van der Waals surface area contributed by atoms with Crippen molar-refractivity contribution >= 4 is 35.8 Å². The maximum atomic E-state index is 12.7. The van der Waals surface area contributed by atoms with Crippen LogP contribution in [-0.2, 0) is 57.2 Å². The molecule has 42 heavy (non-hydrogen) atoms. The zero-order valence-electron chi connectivity index (χ0n) is 25.7. The van der Waals surface area contributed by atoms with Gasteiger partial charge in [0.1, 0.15) is 12.2 Å². The van der Waals surface area contributed by atoms with E-state index in [9.17, 15) is 28.8 Å². The van der Waals surface area contributed by atoms with E-state index in [1.165, 1.54) is 13.8 Å². The van der Waals surface area contributed by atoms with E-state index in [1.807, 2.05) is 0 Å². The Morgan fingerprint density at radius 2 is 0.810 bits per heavy atom. The van der Waals surface area contributed by atoms with Crippen molar-refractivity contribution in [1.82, 2.24) is 0 Å². The van der Waals surface area contributed by atoms with Crippen LogP contribution < -0.4 is 0 Å². The van der Waals surface area contributed by atoms with E-state index >= 15 is 0 Å². The first-order valence-electron chi connectivity index (χ1n) is 14.3. The van der Waals surface area contributed by atoms with Crippen LogP contribution in [0.1, 0.15) is 80.1 Å². The highest BCUT2D eigenvalue weighted by molar-refractivity contribution is 5.97. The van der Waals surface area contributed by atoms with Gasteiger partial charge in [0, 0.05) is 11.1 Å². The molecule has 0 saturated heterocycles. The Morgan fingerprint density at radius 3 is 1.10 bits per heavy atom. The van der Waals surface area contributed by atoms with Crippen molar-refractivity contribution in [3.8, 4) is 0 Å². The Kier molecular flexibility index (Phi) is 19.2. The third-order valence-corrected chi connectivity index (χ3v) is 5.74. The van der Waals surface area contributed by atoms with E-state index in [-0.39, 0.29) is 37.6 Å². The van der Waals surface area contributed by atoms with Crippen molar-refractivity contribution in [3.63, 3.8) is 0 Å². The zero-order chi connectivity index (χ0) is 32.2. The van der Waals surface area contributed by atoms with E-state index in [0.29, 0.717) is 25.7 Å². The molecule has 0 rings (SSSR count). The molecule has 0 saturated carbocycles. The molecule has 0 aromatic carbocycles. The largest absolute Gasteiger partial charge is 0.465 e. The van der Waals surface area contributed by atoms with Crippen LogP contribution in [0.5, 0.6) is 0 Å². The lowest BCUT2D eigenvalue weighted by Crippen LogP contribution is -2.34. The Balaban J connectivity index is 5.38. The quantitative estimate of drug-likeness (QED) is 0.107. The standard InChI is InChI=1S/C30H46O12/c1-9-13-37-27(33)19(5)23(29(35)39-15-11-3)17-25(31)41-21(7)22(8)42-26(32)18-24(30(36)40-16-12-4)20(6)28(34)38-14-10-2/h21-24H,5-6,9-18H2,1-4,7-8H3. The molecule has 4 atom stereocenters. The molecule has 0 N–H and O–H groups in total. The van der Waals surface area contributed by atoms with Gasteiger partial charge in [0.05, 0.1) is 51.1 Å². The van der Waals surface area contributed by atoms with Crippen molar-refractivity contribution in [1.29, 1.82) is 0 Å². The Morgan fingerprint density at radius 1 is 0.524 bits per heavy atom. The van der Waals surface area contributed by atoms with Crippen LogP contribution in [-0.4, -0.2) is 74.5 Å². The van der Waals surface area contributed by atoms with Crippen molar-refractivity contribution in [2.75, 3.05) is 26.4 Å². The number of rotatable bonds is 21. The summed E-state index contributed by atoms with van der Waals surface area (Å²) in [5, 5.41) is 0. The summed E-state index contributed by atoms with van der Waals surface area (Å²) < 4.78 is 31.0. The maximum Gasteiger partial charge on any atom is 0.334 e. The van der Waals surface area contributed by atoms with Gasteiger partial charge < -0.3 is 28.4 Å². The number of ether oxygens (including phenoxy) is 6. The van der Waals surface area contributed by atoms with E-state index < -0.39 is 72.7 Å². The molecule has 4 unspecified atom stereocenters. The second kappa shape index (κ2) is 21.1. The van der Waals surface area contributed by atoms with Gasteiger partial charge in [0.25, 0.3) is 0 Å². The van der Waals surface area contributed by atoms with Crippen molar-refractivity contribution in [2.45, 2.75) is 92.3 Å². The zero-order valence-corrected chi connectivity index (χ0v) is 25.7. The molecule has 0 heterocycles. The van der Waals surface area contributed by atoms with E-state index in [1.54, 1.807) is 27.7 Å². The van der Waals surface area contributed by atoms with Crippen LogP contribution in [0.2, 0.25) is 0 Å². The maximum absolute atomic E-state index is 12.7. The molecule has 0 aliphatic heterocycles. The van der Waals surface area contributed by atoms with E-state index in [2.05, 4.69) is 13.2 Å². The van der Waals surface area contributed by atoms with Crippen LogP contribution in [0.15, 0.2) is 24.3 Å². The van der Waals surface area contributed by atoms with Gasteiger partial charge in [-0.3, -0.25) is 19.2 Å². The minimum Gasteiger partial charge on any atom is -0.465 e. The highest BCUT2D eigenvalue weighted by Crippen LogP contribution is 2.22. The van der Waals surface area contributed by atoms with Crippen LogP contribution in [0.4, 0.5) is 0 Å². The fourth-order valence-corrected chi connectivity index (χ4v) is 3.20. The average molecular weight is 599 g/mol. The predicted molar refractivity (Wildman–Crippen MR) is 151 cm³/mol. The SMILES string of the molecule is C=C(C(=O)OCCC)C(CC(=O)OC(C)C(C)OC(=O)CC(C(=C)C(=O)OCCC)C(=O)OCCC)C(=O)OCCC.